The van der Waals surface area contributed by atoms with Crippen LogP contribution in [0.15, 0.2) is 18.2 Å². The van der Waals surface area contributed by atoms with Crippen LogP contribution in [0.3, 0.4) is 0 Å². The van der Waals surface area contributed by atoms with E-state index in [1.165, 1.54) is 11.1 Å². The average molecular weight is 334 g/mol. The van der Waals surface area contributed by atoms with E-state index in [0.717, 1.165) is 31.8 Å². The molecule has 1 amide bonds. The Kier molecular flexibility index (Phi) is 7.06. The largest absolute Gasteiger partial charge is 0.489 e. The number of hydrogen-bond donors (Lipinski definition) is 1. The fourth-order valence-corrected chi connectivity index (χ4v) is 3.06. The number of fused-ring (bicyclic) bond motifs is 1. The Balaban J connectivity index is 1.91. The van der Waals surface area contributed by atoms with Crippen LogP contribution in [0, 0.1) is 6.92 Å². The number of methoxy groups -OCH3 is 1. The van der Waals surface area contributed by atoms with E-state index in [1.807, 2.05) is 6.07 Å². The predicted molar refractivity (Wildman–Crippen MR) is 95.3 cm³/mol. The number of nitrogens with zero attached hydrogens (tertiary/aromatic N) is 1. The van der Waals surface area contributed by atoms with Crippen LogP contribution in [0.2, 0.25) is 0 Å². The van der Waals surface area contributed by atoms with Crippen molar-refractivity contribution < 1.29 is 14.3 Å². The molecule has 1 aliphatic heterocycles. The molecular formula is C19H30N2O3. The average Bonchev–Trinajstić information content (AvgIpc) is 2.69. The predicted octanol–water partition coefficient (Wildman–Crippen LogP) is 2.51. The highest BCUT2D eigenvalue weighted by atomic mass is 16.5. The normalized spacial score (nSPS) is 19.1. The van der Waals surface area contributed by atoms with Crippen molar-refractivity contribution in [3.8, 4) is 5.75 Å². The van der Waals surface area contributed by atoms with Crippen LogP contribution >= 0.6 is 0 Å². The van der Waals surface area contributed by atoms with Gasteiger partial charge in [-0.25, -0.2) is 0 Å². The van der Waals surface area contributed by atoms with Crippen LogP contribution in [0.25, 0.3) is 0 Å². The number of rotatable bonds is 7. The lowest BCUT2D eigenvalue weighted by Crippen LogP contribution is -2.40. The molecule has 0 saturated carbocycles. The molecule has 2 rings (SSSR count). The summed E-state index contributed by atoms with van der Waals surface area (Å²) in [6.07, 6.45) is 1.49. The Morgan fingerprint density at radius 1 is 1.50 bits per heavy atom. The highest BCUT2D eigenvalue weighted by molar-refractivity contribution is 5.76. The lowest BCUT2D eigenvalue weighted by atomic mass is 10.1. The fraction of sp³-hybridized carbons (Fsp3) is 0.632. The SMILES string of the molecule is CCC(COC)NC(=O)CCN1Cc2cc(C)ccc2OC(C)C1. The van der Waals surface area contributed by atoms with Gasteiger partial charge in [0.1, 0.15) is 11.9 Å². The minimum Gasteiger partial charge on any atom is -0.489 e. The van der Waals surface area contributed by atoms with Crippen LogP contribution in [0.5, 0.6) is 5.75 Å². The molecule has 1 aromatic rings. The van der Waals surface area contributed by atoms with Gasteiger partial charge in [-0.2, -0.15) is 0 Å². The number of carbonyl (C=O) groups excluding carboxylic acids is 1. The van der Waals surface area contributed by atoms with Crippen LogP contribution in [0.1, 0.15) is 37.8 Å². The van der Waals surface area contributed by atoms with E-state index in [0.29, 0.717) is 13.0 Å². The third kappa shape index (κ3) is 5.49. The van der Waals surface area contributed by atoms with Crippen molar-refractivity contribution in [2.45, 2.75) is 52.3 Å². The summed E-state index contributed by atoms with van der Waals surface area (Å²) in [7, 11) is 1.66. The van der Waals surface area contributed by atoms with Gasteiger partial charge < -0.3 is 14.8 Å². The maximum Gasteiger partial charge on any atom is 0.221 e. The second kappa shape index (κ2) is 9.04. The summed E-state index contributed by atoms with van der Waals surface area (Å²) in [6, 6.07) is 6.40. The van der Waals surface area contributed by atoms with E-state index in [2.05, 4.69) is 43.1 Å². The molecular weight excluding hydrogens is 304 g/mol. The standard InChI is InChI=1S/C19H30N2O3/c1-5-17(13-23-4)20-19(22)8-9-21-11-15(3)24-18-7-6-14(2)10-16(18)12-21/h6-7,10,15,17H,5,8-9,11-13H2,1-4H3,(H,20,22). The van der Waals surface area contributed by atoms with Crippen molar-refractivity contribution in [3.05, 3.63) is 29.3 Å². The highest BCUT2D eigenvalue weighted by Gasteiger charge is 2.21. The van der Waals surface area contributed by atoms with E-state index in [-0.39, 0.29) is 18.1 Å². The van der Waals surface area contributed by atoms with E-state index in [1.54, 1.807) is 7.11 Å². The number of nitrogens with one attached hydrogen (secondary N) is 1. The molecule has 0 fully saturated rings. The number of carbonyl (C=O) groups is 1. The van der Waals surface area contributed by atoms with Gasteiger partial charge in [0.15, 0.2) is 0 Å². The van der Waals surface area contributed by atoms with Crippen molar-refractivity contribution in [2.75, 3.05) is 26.8 Å². The summed E-state index contributed by atoms with van der Waals surface area (Å²) < 4.78 is 11.1. The molecule has 1 heterocycles. The quantitative estimate of drug-likeness (QED) is 0.832. The Hall–Kier alpha value is -1.59. The summed E-state index contributed by atoms with van der Waals surface area (Å²) in [5.41, 5.74) is 2.43. The van der Waals surface area contributed by atoms with Gasteiger partial charge in [0.2, 0.25) is 5.91 Å². The lowest BCUT2D eigenvalue weighted by Gasteiger charge is -2.22. The summed E-state index contributed by atoms with van der Waals surface area (Å²) in [5.74, 6) is 1.05. The van der Waals surface area contributed by atoms with Crippen LogP contribution in [0.4, 0.5) is 0 Å². The van der Waals surface area contributed by atoms with Crippen LogP contribution in [-0.4, -0.2) is 49.8 Å². The third-order valence-corrected chi connectivity index (χ3v) is 4.33. The summed E-state index contributed by atoms with van der Waals surface area (Å²) in [4.78, 5) is 14.5. The molecule has 5 nitrogen and oxygen atoms in total. The number of benzene rings is 1. The van der Waals surface area contributed by atoms with Gasteiger partial charge in [-0.15, -0.1) is 0 Å². The first-order valence-corrected chi connectivity index (χ1v) is 8.78. The Labute approximate surface area is 145 Å². The molecule has 0 radical (unpaired) electrons. The van der Waals surface area contributed by atoms with Crippen molar-refractivity contribution >= 4 is 5.91 Å². The zero-order chi connectivity index (χ0) is 17.5. The third-order valence-electron chi connectivity index (χ3n) is 4.33. The van der Waals surface area contributed by atoms with Gasteiger partial charge in [-0.3, -0.25) is 9.69 Å². The maximum absolute atomic E-state index is 12.2. The molecule has 0 aliphatic carbocycles. The van der Waals surface area contributed by atoms with Crippen molar-refractivity contribution in [1.29, 1.82) is 0 Å². The molecule has 1 aromatic carbocycles. The minimum absolute atomic E-state index is 0.0844. The molecule has 2 atom stereocenters. The Bertz CT molecular complexity index is 547. The Morgan fingerprint density at radius 2 is 2.29 bits per heavy atom. The molecule has 0 spiro atoms. The number of amides is 1. The number of hydrogen-bond acceptors (Lipinski definition) is 4. The van der Waals surface area contributed by atoms with Crippen LogP contribution in [-0.2, 0) is 16.1 Å². The van der Waals surface area contributed by atoms with Gasteiger partial charge in [-0.05, 0) is 26.3 Å². The molecule has 0 bridgehead atoms. The first kappa shape index (κ1) is 18.7. The van der Waals surface area contributed by atoms with Crippen molar-refractivity contribution in [1.82, 2.24) is 10.2 Å². The van der Waals surface area contributed by atoms with Gasteiger partial charge >= 0.3 is 0 Å². The van der Waals surface area contributed by atoms with E-state index in [4.69, 9.17) is 9.47 Å². The van der Waals surface area contributed by atoms with Gasteiger partial charge in [0, 0.05) is 38.7 Å². The molecule has 0 aromatic heterocycles. The molecule has 5 heteroatoms. The second-order valence-electron chi connectivity index (χ2n) is 6.65. The minimum atomic E-state index is 0.0844. The van der Waals surface area contributed by atoms with Gasteiger partial charge in [-0.1, -0.05) is 24.6 Å². The summed E-state index contributed by atoms with van der Waals surface area (Å²) in [5, 5.41) is 3.04. The first-order chi connectivity index (χ1) is 11.5. The molecule has 24 heavy (non-hydrogen) atoms. The topological polar surface area (TPSA) is 50.8 Å². The number of aryl methyl sites for hydroxylation is 1. The summed E-state index contributed by atoms with van der Waals surface area (Å²) >= 11 is 0. The molecule has 134 valence electrons. The first-order valence-electron chi connectivity index (χ1n) is 8.78. The molecule has 1 aliphatic rings. The van der Waals surface area contributed by atoms with Crippen molar-refractivity contribution in [3.63, 3.8) is 0 Å². The zero-order valence-electron chi connectivity index (χ0n) is 15.3. The van der Waals surface area contributed by atoms with Crippen molar-refractivity contribution in [2.24, 2.45) is 0 Å². The van der Waals surface area contributed by atoms with E-state index in [9.17, 15) is 4.79 Å². The fourth-order valence-electron chi connectivity index (χ4n) is 3.06. The number of ether oxygens (including phenoxy) is 2. The molecule has 0 saturated heterocycles. The smallest absolute Gasteiger partial charge is 0.221 e. The van der Waals surface area contributed by atoms with Crippen LogP contribution < -0.4 is 10.1 Å². The lowest BCUT2D eigenvalue weighted by molar-refractivity contribution is -0.122. The van der Waals surface area contributed by atoms with Gasteiger partial charge in [0.05, 0.1) is 12.6 Å². The maximum atomic E-state index is 12.2. The summed E-state index contributed by atoms with van der Waals surface area (Å²) in [6.45, 7) is 9.16. The van der Waals surface area contributed by atoms with Gasteiger partial charge in [0.25, 0.3) is 0 Å². The Morgan fingerprint density at radius 3 is 3.00 bits per heavy atom. The highest BCUT2D eigenvalue weighted by Crippen LogP contribution is 2.26. The monoisotopic (exact) mass is 334 g/mol. The molecule has 1 N–H and O–H groups in total. The second-order valence-corrected chi connectivity index (χ2v) is 6.65. The van der Waals surface area contributed by atoms with E-state index < -0.39 is 0 Å². The zero-order valence-corrected chi connectivity index (χ0v) is 15.3. The van der Waals surface area contributed by atoms with E-state index >= 15 is 0 Å². The molecule has 2 unspecified atom stereocenters.